The summed E-state index contributed by atoms with van der Waals surface area (Å²) < 4.78 is 2.77. The van der Waals surface area contributed by atoms with Crippen LogP contribution >= 0.6 is 0 Å². The Morgan fingerprint density at radius 2 is 1.66 bits per heavy atom. The predicted molar refractivity (Wildman–Crippen MR) is 127 cm³/mol. The minimum atomic E-state index is -0.407. The van der Waals surface area contributed by atoms with Gasteiger partial charge in [0, 0.05) is 19.1 Å². The minimum absolute atomic E-state index is 0.0422. The summed E-state index contributed by atoms with van der Waals surface area (Å²) >= 11 is 0. The van der Waals surface area contributed by atoms with Gasteiger partial charge in [-0.05, 0) is 56.2 Å². The molecule has 6 nitrogen and oxygen atoms in total. The lowest BCUT2D eigenvalue weighted by molar-refractivity contribution is -0.133. The molecular weight excluding hydrogens is 402 g/mol. The second kappa shape index (κ2) is 9.55. The first-order valence-electron chi connectivity index (χ1n) is 11.5. The number of benzene rings is 2. The summed E-state index contributed by atoms with van der Waals surface area (Å²) in [5.41, 5.74) is 1.16. The van der Waals surface area contributed by atoms with Gasteiger partial charge >= 0.3 is 5.69 Å². The van der Waals surface area contributed by atoms with Crippen molar-refractivity contribution < 1.29 is 4.79 Å². The molecule has 2 heterocycles. The lowest BCUT2D eigenvalue weighted by Gasteiger charge is -2.32. The highest BCUT2D eigenvalue weighted by Crippen LogP contribution is 2.22. The summed E-state index contributed by atoms with van der Waals surface area (Å²) in [5.74, 6) is 0.502. The Morgan fingerprint density at radius 1 is 1.00 bits per heavy atom. The monoisotopic (exact) mass is 433 g/mol. The Kier molecular flexibility index (Phi) is 6.58. The third kappa shape index (κ3) is 4.40. The van der Waals surface area contributed by atoms with E-state index in [1.54, 1.807) is 24.3 Å². The zero-order valence-electron chi connectivity index (χ0n) is 18.9. The van der Waals surface area contributed by atoms with Crippen molar-refractivity contribution in [3.63, 3.8) is 0 Å². The van der Waals surface area contributed by atoms with Gasteiger partial charge in [0.05, 0.1) is 10.9 Å². The van der Waals surface area contributed by atoms with Crippen molar-refractivity contribution in [2.24, 2.45) is 5.92 Å². The second-order valence-corrected chi connectivity index (χ2v) is 8.83. The summed E-state index contributed by atoms with van der Waals surface area (Å²) in [6.07, 6.45) is 3.62. The summed E-state index contributed by atoms with van der Waals surface area (Å²) in [5, 5.41) is 0.474. The van der Waals surface area contributed by atoms with Crippen LogP contribution in [0, 0.1) is 5.92 Å². The Hall–Kier alpha value is -3.15. The average Bonchev–Trinajstić information content (AvgIpc) is 2.82. The van der Waals surface area contributed by atoms with E-state index < -0.39 is 5.69 Å². The molecule has 0 saturated carbocycles. The van der Waals surface area contributed by atoms with Gasteiger partial charge in [0.1, 0.15) is 6.54 Å². The molecule has 3 aromatic rings. The third-order valence-electron chi connectivity index (χ3n) is 6.74. The van der Waals surface area contributed by atoms with Crippen LogP contribution in [0.15, 0.2) is 64.2 Å². The molecule has 1 aromatic heterocycles. The van der Waals surface area contributed by atoms with Crippen LogP contribution in [0.25, 0.3) is 10.9 Å². The summed E-state index contributed by atoms with van der Waals surface area (Å²) in [4.78, 5) is 41.2. The van der Waals surface area contributed by atoms with E-state index in [9.17, 15) is 14.4 Å². The van der Waals surface area contributed by atoms with E-state index >= 15 is 0 Å². The fourth-order valence-electron chi connectivity index (χ4n) is 4.63. The number of para-hydroxylation sites is 1. The maximum atomic E-state index is 13.2. The topological polar surface area (TPSA) is 64.3 Å². The Labute approximate surface area is 188 Å². The van der Waals surface area contributed by atoms with Crippen molar-refractivity contribution in [2.45, 2.75) is 52.1 Å². The minimum Gasteiger partial charge on any atom is -0.341 e. The lowest BCUT2D eigenvalue weighted by atomic mass is 9.90. The zero-order chi connectivity index (χ0) is 22.7. The average molecular weight is 434 g/mol. The molecule has 0 spiro atoms. The molecule has 6 heteroatoms. The molecule has 4 rings (SSSR count). The number of piperidine rings is 1. The van der Waals surface area contributed by atoms with Gasteiger partial charge < -0.3 is 4.90 Å². The highest BCUT2D eigenvalue weighted by Gasteiger charge is 2.25. The predicted octanol–water partition coefficient (Wildman–Crippen LogP) is 3.62. The molecule has 32 heavy (non-hydrogen) atoms. The molecule has 1 saturated heterocycles. The first-order valence-corrected chi connectivity index (χ1v) is 11.5. The quantitative estimate of drug-likeness (QED) is 0.597. The molecule has 1 amide bonds. The smallest absolute Gasteiger partial charge is 0.332 e. The molecular formula is C26H31N3O3. The van der Waals surface area contributed by atoms with Crippen molar-refractivity contribution in [2.75, 3.05) is 13.1 Å². The van der Waals surface area contributed by atoms with Crippen LogP contribution in [-0.2, 0) is 17.8 Å². The fraction of sp³-hybridized carbons (Fsp3) is 0.423. The van der Waals surface area contributed by atoms with Crippen molar-refractivity contribution in [1.82, 2.24) is 14.0 Å². The standard InChI is InChI=1S/C26H31N3O3/c1-3-19(2)29-25(31)22-11-7-8-12-23(22)28(26(29)32)18-24(30)27-15-13-21(14-16-27)17-20-9-5-4-6-10-20/h4-12,19,21H,3,13-18H2,1-2H3/t19-/m0/s1. The van der Waals surface area contributed by atoms with Gasteiger partial charge in [0.25, 0.3) is 5.56 Å². The Morgan fingerprint density at radius 3 is 2.34 bits per heavy atom. The van der Waals surface area contributed by atoms with Crippen LogP contribution in [0.5, 0.6) is 0 Å². The number of amides is 1. The number of aromatic nitrogens is 2. The molecule has 1 aliphatic heterocycles. The first kappa shape index (κ1) is 22.1. The number of nitrogens with zero attached hydrogens (tertiary/aromatic N) is 3. The van der Waals surface area contributed by atoms with E-state index in [1.165, 1.54) is 14.7 Å². The largest absolute Gasteiger partial charge is 0.341 e. The van der Waals surface area contributed by atoms with E-state index in [1.807, 2.05) is 24.8 Å². The summed E-state index contributed by atoms with van der Waals surface area (Å²) in [6, 6.07) is 17.3. The van der Waals surface area contributed by atoms with Crippen LogP contribution in [0.4, 0.5) is 0 Å². The number of fused-ring (bicyclic) bond motifs is 1. The molecule has 0 aliphatic carbocycles. The number of carbonyl (C=O) groups is 1. The second-order valence-electron chi connectivity index (χ2n) is 8.83. The van der Waals surface area contributed by atoms with Crippen molar-refractivity contribution >= 4 is 16.8 Å². The van der Waals surface area contributed by atoms with Crippen LogP contribution in [0.1, 0.15) is 44.7 Å². The molecule has 0 unspecified atom stereocenters. The number of rotatable bonds is 6. The molecule has 0 radical (unpaired) electrons. The van der Waals surface area contributed by atoms with E-state index in [0.717, 1.165) is 19.3 Å². The number of carbonyl (C=O) groups excluding carboxylic acids is 1. The zero-order valence-corrected chi connectivity index (χ0v) is 18.9. The van der Waals surface area contributed by atoms with Crippen LogP contribution in [0.3, 0.4) is 0 Å². The fourth-order valence-corrected chi connectivity index (χ4v) is 4.63. The molecule has 1 fully saturated rings. The molecule has 1 aliphatic rings. The third-order valence-corrected chi connectivity index (χ3v) is 6.74. The highest BCUT2D eigenvalue weighted by atomic mass is 16.2. The van der Waals surface area contributed by atoms with E-state index in [4.69, 9.17) is 0 Å². The van der Waals surface area contributed by atoms with Gasteiger partial charge in [0.2, 0.25) is 5.91 Å². The Balaban J connectivity index is 1.53. The van der Waals surface area contributed by atoms with Gasteiger partial charge in [-0.2, -0.15) is 0 Å². The maximum Gasteiger partial charge on any atom is 0.332 e. The van der Waals surface area contributed by atoms with Crippen molar-refractivity contribution in [3.8, 4) is 0 Å². The van der Waals surface area contributed by atoms with Gasteiger partial charge in [-0.25, -0.2) is 4.79 Å². The van der Waals surface area contributed by atoms with Crippen molar-refractivity contribution in [1.29, 1.82) is 0 Å². The summed E-state index contributed by atoms with van der Waals surface area (Å²) in [6.45, 7) is 5.17. The van der Waals surface area contributed by atoms with E-state index in [2.05, 4.69) is 24.3 Å². The highest BCUT2D eigenvalue weighted by molar-refractivity contribution is 5.81. The van der Waals surface area contributed by atoms with Gasteiger partial charge in [-0.1, -0.05) is 49.4 Å². The van der Waals surface area contributed by atoms with Gasteiger partial charge in [-0.15, -0.1) is 0 Å². The normalized spacial score (nSPS) is 15.8. The first-order chi connectivity index (χ1) is 15.5. The van der Waals surface area contributed by atoms with Crippen LogP contribution in [0.2, 0.25) is 0 Å². The number of likely N-dealkylation sites (tertiary alicyclic amines) is 1. The summed E-state index contributed by atoms with van der Waals surface area (Å²) in [7, 11) is 0. The van der Waals surface area contributed by atoms with Gasteiger partial charge in [0.15, 0.2) is 0 Å². The molecule has 2 aromatic carbocycles. The SMILES string of the molecule is CC[C@H](C)n1c(=O)c2ccccc2n(CC(=O)N2CCC(Cc3ccccc3)CC2)c1=O. The van der Waals surface area contributed by atoms with E-state index in [-0.39, 0.29) is 24.1 Å². The van der Waals surface area contributed by atoms with Crippen LogP contribution < -0.4 is 11.2 Å². The molecule has 1 atom stereocenters. The number of hydrogen-bond donors (Lipinski definition) is 0. The van der Waals surface area contributed by atoms with Crippen molar-refractivity contribution in [3.05, 3.63) is 81.0 Å². The lowest BCUT2D eigenvalue weighted by Crippen LogP contribution is -2.46. The van der Waals surface area contributed by atoms with E-state index in [0.29, 0.717) is 36.3 Å². The molecule has 0 bridgehead atoms. The van der Waals surface area contributed by atoms with Gasteiger partial charge in [-0.3, -0.25) is 18.7 Å². The molecule has 168 valence electrons. The Bertz CT molecular complexity index is 1200. The number of hydrogen-bond acceptors (Lipinski definition) is 3. The van der Waals surface area contributed by atoms with Crippen LogP contribution in [-0.4, -0.2) is 33.0 Å². The maximum absolute atomic E-state index is 13.2. The molecule has 0 N–H and O–H groups in total.